The molecule has 0 radical (unpaired) electrons. The van der Waals surface area contributed by atoms with E-state index in [2.05, 4.69) is 5.32 Å². The van der Waals surface area contributed by atoms with Crippen molar-refractivity contribution in [2.24, 2.45) is 0 Å². The molecule has 0 unspecified atom stereocenters. The van der Waals surface area contributed by atoms with Crippen molar-refractivity contribution in [3.63, 3.8) is 0 Å². The van der Waals surface area contributed by atoms with Crippen LogP contribution in [0.15, 0.2) is 18.2 Å². The second-order valence-corrected chi connectivity index (χ2v) is 4.44. The van der Waals surface area contributed by atoms with E-state index < -0.39 is 0 Å². The first-order valence-electron chi connectivity index (χ1n) is 5.82. The molecular weight excluding hydrogens is 216 g/mol. The van der Waals surface area contributed by atoms with E-state index in [-0.39, 0.29) is 12.0 Å². The Labute approximate surface area is 102 Å². The molecule has 4 nitrogen and oxygen atoms in total. The van der Waals surface area contributed by atoms with Crippen molar-refractivity contribution in [2.45, 2.75) is 18.9 Å². The van der Waals surface area contributed by atoms with Crippen molar-refractivity contribution in [1.29, 1.82) is 0 Å². The first kappa shape index (κ1) is 11.8. The number of nitrogens with zero attached hydrogens (tertiary/aromatic N) is 1. The topological polar surface area (TPSA) is 41.6 Å². The fourth-order valence-corrected chi connectivity index (χ4v) is 1.67. The van der Waals surface area contributed by atoms with Crippen LogP contribution in [0.2, 0.25) is 0 Å². The molecular formula is C13H18N2O2. The zero-order valence-corrected chi connectivity index (χ0v) is 10.5. The summed E-state index contributed by atoms with van der Waals surface area (Å²) >= 11 is 0. The van der Waals surface area contributed by atoms with Gasteiger partial charge in [-0.3, -0.25) is 4.79 Å². The van der Waals surface area contributed by atoms with E-state index in [9.17, 15) is 4.79 Å². The Kier molecular flexibility index (Phi) is 3.22. The summed E-state index contributed by atoms with van der Waals surface area (Å²) in [5.41, 5.74) is 1.55. The Morgan fingerprint density at radius 1 is 1.41 bits per heavy atom. The molecule has 0 bridgehead atoms. The van der Waals surface area contributed by atoms with Crippen LogP contribution < -0.4 is 15.0 Å². The maximum Gasteiger partial charge on any atom is 0.254 e. The van der Waals surface area contributed by atoms with Crippen LogP contribution in [0.3, 0.4) is 0 Å². The highest BCUT2D eigenvalue weighted by Crippen LogP contribution is 2.36. The standard InChI is InChI=1S/C13H18N2O2/c1-14-13(16)10-5-4-6-11(15(2)3)12(10)17-9-7-8-9/h4-6,9H,7-8H2,1-3H3,(H,14,16). The smallest absolute Gasteiger partial charge is 0.254 e. The summed E-state index contributed by atoms with van der Waals surface area (Å²) < 4.78 is 5.87. The van der Waals surface area contributed by atoms with Gasteiger partial charge < -0.3 is 15.0 Å². The number of hydrogen-bond donors (Lipinski definition) is 1. The first-order chi connectivity index (χ1) is 8.13. The molecule has 1 fully saturated rings. The highest BCUT2D eigenvalue weighted by molar-refractivity contribution is 5.98. The van der Waals surface area contributed by atoms with Crippen molar-refractivity contribution >= 4 is 11.6 Å². The second kappa shape index (κ2) is 4.65. The molecule has 0 aromatic heterocycles. The van der Waals surface area contributed by atoms with Gasteiger partial charge in [-0.05, 0) is 25.0 Å². The number of anilines is 1. The Hall–Kier alpha value is -1.71. The van der Waals surface area contributed by atoms with Gasteiger partial charge in [-0.15, -0.1) is 0 Å². The lowest BCUT2D eigenvalue weighted by Crippen LogP contribution is -2.21. The molecule has 17 heavy (non-hydrogen) atoms. The van der Waals surface area contributed by atoms with E-state index in [4.69, 9.17) is 4.74 Å². The molecule has 0 heterocycles. The molecule has 1 amide bonds. The fraction of sp³-hybridized carbons (Fsp3) is 0.462. The SMILES string of the molecule is CNC(=O)c1cccc(N(C)C)c1OC1CC1. The molecule has 0 saturated heterocycles. The summed E-state index contributed by atoms with van der Waals surface area (Å²) in [6.07, 6.45) is 2.43. The van der Waals surface area contributed by atoms with Crippen LogP contribution in [0.5, 0.6) is 5.75 Å². The summed E-state index contributed by atoms with van der Waals surface area (Å²) in [5.74, 6) is 0.587. The molecule has 1 aliphatic rings. The second-order valence-electron chi connectivity index (χ2n) is 4.44. The Balaban J connectivity index is 2.41. The van der Waals surface area contributed by atoms with E-state index in [1.165, 1.54) is 0 Å². The van der Waals surface area contributed by atoms with Crippen molar-refractivity contribution in [3.8, 4) is 5.75 Å². The molecule has 92 valence electrons. The number of benzene rings is 1. The predicted octanol–water partition coefficient (Wildman–Crippen LogP) is 1.65. The molecule has 1 N–H and O–H groups in total. The zero-order valence-electron chi connectivity index (χ0n) is 10.5. The minimum Gasteiger partial charge on any atom is -0.487 e. The summed E-state index contributed by atoms with van der Waals surface area (Å²) in [4.78, 5) is 13.8. The van der Waals surface area contributed by atoms with Crippen molar-refractivity contribution < 1.29 is 9.53 Å². The number of ether oxygens (including phenoxy) is 1. The van der Waals surface area contributed by atoms with Crippen molar-refractivity contribution in [2.75, 3.05) is 26.0 Å². The lowest BCUT2D eigenvalue weighted by molar-refractivity contribution is 0.0959. The van der Waals surface area contributed by atoms with E-state index in [0.29, 0.717) is 11.3 Å². The van der Waals surface area contributed by atoms with Gasteiger partial charge in [0, 0.05) is 21.1 Å². The molecule has 1 aromatic rings. The van der Waals surface area contributed by atoms with E-state index in [0.717, 1.165) is 18.5 Å². The van der Waals surface area contributed by atoms with Gasteiger partial charge in [0.05, 0.1) is 17.4 Å². The molecule has 4 heteroatoms. The average Bonchev–Trinajstić information content (AvgIpc) is 3.12. The number of para-hydroxylation sites is 1. The molecule has 2 rings (SSSR count). The lowest BCUT2D eigenvalue weighted by Gasteiger charge is -2.20. The molecule has 0 aliphatic heterocycles. The Morgan fingerprint density at radius 3 is 2.65 bits per heavy atom. The number of amides is 1. The van der Waals surface area contributed by atoms with Crippen LogP contribution in [0.4, 0.5) is 5.69 Å². The molecule has 0 spiro atoms. The highest BCUT2D eigenvalue weighted by atomic mass is 16.5. The third-order valence-electron chi connectivity index (χ3n) is 2.76. The largest absolute Gasteiger partial charge is 0.487 e. The van der Waals surface area contributed by atoms with Gasteiger partial charge in [0.1, 0.15) is 0 Å². The number of nitrogens with one attached hydrogen (secondary N) is 1. The van der Waals surface area contributed by atoms with E-state index >= 15 is 0 Å². The third kappa shape index (κ3) is 2.52. The normalized spacial score (nSPS) is 14.3. The fourth-order valence-electron chi connectivity index (χ4n) is 1.67. The van der Waals surface area contributed by atoms with Crippen molar-refractivity contribution in [3.05, 3.63) is 23.8 Å². The summed E-state index contributed by atoms with van der Waals surface area (Å²) in [6.45, 7) is 0. The summed E-state index contributed by atoms with van der Waals surface area (Å²) in [6, 6.07) is 5.63. The Bertz CT molecular complexity index is 425. The van der Waals surface area contributed by atoms with Gasteiger partial charge in [-0.1, -0.05) is 6.07 Å². The van der Waals surface area contributed by atoms with Crippen LogP contribution in [-0.2, 0) is 0 Å². The monoisotopic (exact) mass is 234 g/mol. The minimum atomic E-state index is -0.107. The quantitative estimate of drug-likeness (QED) is 0.861. The van der Waals surface area contributed by atoms with Gasteiger partial charge in [-0.2, -0.15) is 0 Å². The maximum atomic E-state index is 11.8. The molecule has 1 saturated carbocycles. The van der Waals surface area contributed by atoms with Crippen LogP contribution in [0.25, 0.3) is 0 Å². The minimum absolute atomic E-state index is 0.107. The summed E-state index contributed by atoms with van der Waals surface area (Å²) in [7, 11) is 5.52. The molecule has 1 aliphatic carbocycles. The average molecular weight is 234 g/mol. The highest BCUT2D eigenvalue weighted by Gasteiger charge is 2.27. The number of hydrogen-bond acceptors (Lipinski definition) is 3. The number of carbonyl (C=O) groups is 1. The van der Waals surface area contributed by atoms with Crippen LogP contribution in [-0.4, -0.2) is 33.2 Å². The van der Waals surface area contributed by atoms with E-state index in [1.54, 1.807) is 13.1 Å². The van der Waals surface area contributed by atoms with Gasteiger partial charge in [0.25, 0.3) is 5.91 Å². The van der Waals surface area contributed by atoms with Gasteiger partial charge >= 0.3 is 0 Å². The van der Waals surface area contributed by atoms with Crippen LogP contribution in [0.1, 0.15) is 23.2 Å². The predicted molar refractivity (Wildman–Crippen MR) is 67.8 cm³/mol. The number of carbonyl (C=O) groups excluding carboxylic acids is 1. The maximum absolute atomic E-state index is 11.8. The lowest BCUT2D eigenvalue weighted by atomic mass is 10.1. The van der Waals surface area contributed by atoms with Gasteiger partial charge in [0.2, 0.25) is 0 Å². The summed E-state index contributed by atoms with van der Waals surface area (Å²) in [5, 5.41) is 2.64. The molecule has 0 atom stereocenters. The number of rotatable bonds is 4. The van der Waals surface area contributed by atoms with Gasteiger partial charge in [0.15, 0.2) is 5.75 Å². The molecule has 1 aromatic carbocycles. The van der Waals surface area contributed by atoms with E-state index in [1.807, 2.05) is 31.1 Å². The first-order valence-corrected chi connectivity index (χ1v) is 5.82. The van der Waals surface area contributed by atoms with Gasteiger partial charge in [-0.25, -0.2) is 0 Å². The third-order valence-corrected chi connectivity index (χ3v) is 2.76. The zero-order chi connectivity index (χ0) is 12.4. The van der Waals surface area contributed by atoms with Crippen LogP contribution >= 0.6 is 0 Å². The Morgan fingerprint density at radius 2 is 2.12 bits per heavy atom. The van der Waals surface area contributed by atoms with Crippen LogP contribution in [0, 0.1) is 0 Å². The van der Waals surface area contributed by atoms with Crippen molar-refractivity contribution in [1.82, 2.24) is 5.32 Å².